The van der Waals surface area contributed by atoms with E-state index in [0.29, 0.717) is 6.42 Å². The van der Waals surface area contributed by atoms with Crippen LogP contribution in [0.25, 0.3) is 0 Å². The van der Waals surface area contributed by atoms with Gasteiger partial charge in [0.1, 0.15) is 6.42 Å². The summed E-state index contributed by atoms with van der Waals surface area (Å²) in [6.07, 6.45) is 11.9. The third-order valence-corrected chi connectivity index (χ3v) is 9.19. The van der Waals surface area contributed by atoms with Crippen LogP contribution in [0, 0.1) is 0 Å². The zero-order valence-corrected chi connectivity index (χ0v) is 20.8. The topological polar surface area (TPSA) is 30.6 Å². The molecule has 0 fully saturated rings. The molecule has 0 bridgehead atoms. The molecule has 0 heterocycles. The fourth-order valence-corrected chi connectivity index (χ4v) is 7.26. The normalized spacial score (nSPS) is 11.8. The van der Waals surface area contributed by atoms with Crippen LogP contribution in [-0.4, -0.2) is 10.8 Å². The van der Waals surface area contributed by atoms with Crippen LogP contribution in [0.3, 0.4) is 0 Å². The monoisotopic (exact) mass is 463 g/mol. The van der Waals surface area contributed by atoms with Crippen LogP contribution < -0.4 is 0 Å². The van der Waals surface area contributed by atoms with Crippen molar-refractivity contribution in [3.05, 3.63) is 91.0 Å². The van der Waals surface area contributed by atoms with E-state index < -0.39 is 10.3 Å². The van der Waals surface area contributed by atoms with E-state index in [1.165, 1.54) is 44.9 Å². The van der Waals surface area contributed by atoms with Gasteiger partial charge < -0.3 is 4.79 Å². The van der Waals surface area contributed by atoms with Crippen LogP contribution >= 0.6 is 10.3 Å². The van der Waals surface area contributed by atoms with Crippen molar-refractivity contribution < 1.29 is 8.98 Å². The summed E-state index contributed by atoms with van der Waals surface area (Å²) in [5.41, 5.74) is 0. The fourth-order valence-electron chi connectivity index (χ4n) is 4.16. The Labute approximate surface area is 201 Å². The number of unbranched alkanes of at least 4 members (excludes halogenated alkanes) is 8. The van der Waals surface area contributed by atoms with Gasteiger partial charge in [0, 0.05) is 0 Å². The van der Waals surface area contributed by atoms with Crippen molar-refractivity contribution in [2.45, 2.75) is 85.8 Å². The van der Waals surface area contributed by atoms with Crippen LogP contribution in [0.15, 0.2) is 106 Å². The molecule has 0 amide bonds. The average Bonchev–Trinajstić information content (AvgIpc) is 2.88. The highest BCUT2D eigenvalue weighted by Crippen LogP contribution is 2.69. The molecule has 3 rings (SSSR count). The third-order valence-electron chi connectivity index (χ3n) is 5.94. The van der Waals surface area contributed by atoms with E-state index in [9.17, 15) is 4.79 Å². The molecule has 3 heteroatoms. The molecule has 2 nitrogen and oxygen atoms in total. The minimum absolute atomic E-state index is 0.143. The van der Waals surface area contributed by atoms with Gasteiger partial charge in [0.05, 0.1) is 25.0 Å². The van der Waals surface area contributed by atoms with Crippen molar-refractivity contribution in [1.29, 1.82) is 0 Å². The maximum absolute atomic E-state index is 11.0. The Bertz CT molecular complexity index is 829. The summed E-state index contributed by atoms with van der Waals surface area (Å²) in [6.45, 7) is 2.26. The molecule has 0 aliphatic heterocycles. The minimum atomic E-state index is -2.08. The third kappa shape index (κ3) is 7.23. The van der Waals surface area contributed by atoms with E-state index in [-0.39, 0.29) is 5.97 Å². The van der Waals surface area contributed by atoms with Crippen LogP contribution in [0.1, 0.15) is 71.1 Å². The Morgan fingerprint density at radius 2 is 0.939 bits per heavy atom. The van der Waals surface area contributed by atoms with Gasteiger partial charge in [0.25, 0.3) is 0 Å². The highest BCUT2D eigenvalue weighted by molar-refractivity contribution is 8.30. The summed E-state index contributed by atoms with van der Waals surface area (Å²) in [4.78, 5) is 14.2. The summed E-state index contributed by atoms with van der Waals surface area (Å²) in [5.74, 6) is 0.143. The average molecular weight is 464 g/mol. The Morgan fingerprint density at radius 1 is 0.576 bits per heavy atom. The summed E-state index contributed by atoms with van der Waals surface area (Å²) in [5, 5.41) is 0. The number of rotatable bonds is 14. The van der Waals surface area contributed by atoms with Gasteiger partial charge in [-0.1, -0.05) is 113 Å². The van der Waals surface area contributed by atoms with E-state index in [2.05, 4.69) is 43.3 Å². The van der Waals surface area contributed by atoms with Gasteiger partial charge in [-0.15, -0.1) is 0 Å². The highest BCUT2D eigenvalue weighted by atomic mass is 32.3. The van der Waals surface area contributed by atoms with Gasteiger partial charge in [-0.25, -0.2) is 0 Å². The Morgan fingerprint density at radius 3 is 1.33 bits per heavy atom. The molecule has 0 aromatic heterocycles. The fraction of sp³-hybridized carbons (Fsp3) is 0.367. The number of carbonyl (C=O) groups excluding carboxylic acids is 1. The standard InChI is InChI=1S/C30H38O2S/c1-2-3-4-5-6-7-8-9-19-26-30(31)32-33(27-20-13-10-14-21-27,28-22-15-11-16-23-28)29-24-17-12-18-25-29/h10-18,20-25H,2-9,19,26H2,1H3/p+1. The van der Waals surface area contributed by atoms with Crippen LogP contribution in [0.5, 0.6) is 0 Å². The van der Waals surface area contributed by atoms with Gasteiger partial charge in [0.2, 0.25) is 0 Å². The lowest BCUT2D eigenvalue weighted by atomic mass is 10.1. The number of benzene rings is 3. The lowest BCUT2D eigenvalue weighted by molar-refractivity contribution is 0.468. The van der Waals surface area contributed by atoms with Crippen molar-refractivity contribution in [1.82, 2.24) is 0 Å². The second kappa shape index (κ2) is 13.9. The molecule has 0 atom stereocenters. The predicted octanol–water partition coefficient (Wildman–Crippen LogP) is 9.32. The van der Waals surface area contributed by atoms with E-state index >= 15 is 0 Å². The second-order valence-electron chi connectivity index (χ2n) is 8.55. The molecule has 0 saturated heterocycles. The molecule has 1 N–H and O–H groups in total. The van der Waals surface area contributed by atoms with Crippen LogP contribution in [0.4, 0.5) is 0 Å². The maximum atomic E-state index is 11.0. The molecule has 0 unspecified atom stereocenters. The summed E-state index contributed by atoms with van der Waals surface area (Å²) in [7, 11) is -2.08. The van der Waals surface area contributed by atoms with Crippen LogP contribution in [0.2, 0.25) is 0 Å². The molecular weight excluding hydrogens is 424 g/mol. The van der Waals surface area contributed by atoms with Gasteiger partial charge in [-0.05, 0) is 42.8 Å². The molecule has 0 saturated carbocycles. The first-order chi connectivity index (χ1) is 16.3. The van der Waals surface area contributed by atoms with Crippen molar-refractivity contribution in [2.24, 2.45) is 0 Å². The smallest absolute Gasteiger partial charge is 0.338 e. The van der Waals surface area contributed by atoms with E-state index in [1.807, 2.05) is 54.6 Å². The zero-order valence-electron chi connectivity index (χ0n) is 20.0. The summed E-state index contributed by atoms with van der Waals surface area (Å²) in [6, 6.07) is 31.0. The highest BCUT2D eigenvalue weighted by Gasteiger charge is 2.41. The summed E-state index contributed by atoms with van der Waals surface area (Å²) >= 11 is 0. The first-order valence-corrected chi connectivity index (χ1v) is 14.1. The SMILES string of the molecule is CCCCCCCCCCCC(=[OH+])OS(c1ccccc1)(c1ccccc1)c1ccccc1. The Balaban J connectivity index is 1.71. The molecule has 3 aromatic carbocycles. The first kappa shape index (κ1) is 25.1. The predicted molar refractivity (Wildman–Crippen MR) is 142 cm³/mol. The molecule has 33 heavy (non-hydrogen) atoms. The van der Waals surface area contributed by atoms with E-state index in [4.69, 9.17) is 4.18 Å². The second-order valence-corrected chi connectivity index (χ2v) is 11.2. The lowest BCUT2D eigenvalue weighted by Gasteiger charge is -2.33. The lowest BCUT2D eigenvalue weighted by Crippen LogP contribution is -2.14. The van der Waals surface area contributed by atoms with Gasteiger partial charge in [0.15, 0.2) is 0 Å². The molecule has 0 spiro atoms. The largest absolute Gasteiger partial charge is 0.495 e. The molecular formula is C30H39O2S+. The molecule has 3 aromatic rings. The van der Waals surface area contributed by atoms with Crippen molar-refractivity contribution >= 4 is 16.3 Å². The zero-order chi connectivity index (χ0) is 23.2. The number of hydrogen-bond donors (Lipinski definition) is 0. The summed E-state index contributed by atoms with van der Waals surface area (Å²) < 4.78 is 6.62. The quantitative estimate of drug-likeness (QED) is 0.173. The molecule has 176 valence electrons. The minimum Gasteiger partial charge on any atom is -0.338 e. The first-order valence-electron chi connectivity index (χ1n) is 12.5. The van der Waals surface area contributed by atoms with Gasteiger partial charge in [-0.3, -0.25) is 4.18 Å². The Hall–Kier alpha value is -2.52. The number of hydrogen-bond acceptors (Lipinski definition) is 1. The molecule has 0 aliphatic carbocycles. The van der Waals surface area contributed by atoms with Gasteiger partial charge in [-0.2, -0.15) is 0 Å². The van der Waals surface area contributed by atoms with E-state index in [0.717, 1.165) is 27.5 Å². The van der Waals surface area contributed by atoms with Crippen LogP contribution in [-0.2, 0) is 4.18 Å². The Kier molecular flexibility index (Phi) is 10.6. The van der Waals surface area contributed by atoms with Crippen molar-refractivity contribution in [3.8, 4) is 0 Å². The van der Waals surface area contributed by atoms with E-state index in [1.54, 1.807) is 0 Å². The molecule has 0 radical (unpaired) electrons. The van der Waals surface area contributed by atoms with Crippen molar-refractivity contribution in [2.75, 3.05) is 0 Å². The van der Waals surface area contributed by atoms with Crippen molar-refractivity contribution in [3.63, 3.8) is 0 Å². The van der Waals surface area contributed by atoms with Gasteiger partial charge >= 0.3 is 5.97 Å². The maximum Gasteiger partial charge on any atom is 0.495 e. The molecule has 0 aliphatic rings.